The van der Waals surface area contributed by atoms with E-state index in [2.05, 4.69) is 0 Å². The van der Waals surface area contributed by atoms with Crippen LogP contribution in [0.25, 0.3) is 0 Å². The van der Waals surface area contributed by atoms with Gasteiger partial charge in [-0.1, -0.05) is 6.92 Å². The topological polar surface area (TPSA) is 49.9 Å². The Morgan fingerprint density at radius 1 is 1.06 bits per heavy atom. The molecule has 0 bridgehead atoms. The molecule has 1 aliphatic rings. The standard InChI is InChI=1S/C13H24N2O3/c1-5-6-11(16)14-7-9-15(10-8-14)12(17)18-13(2,3)4/h5-10H2,1-4H3. The van der Waals surface area contributed by atoms with Gasteiger partial charge in [-0.2, -0.15) is 0 Å². The molecular formula is C13H24N2O3. The number of piperazine rings is 1. The third-order valence-corrected chi connectivity index (χ3v) is 2.75. The molecule has 104 valence electrons. The minimum atomic E-state index is -0.466. The Balaban J connectivity index is 2.39. The van der Waals surface area contributed by atoms with Crippen molar-refractivity contribution in [3.8, 4) is 0 Å². The average Bonchev–Trinajstić information content (AvgIpc) is 2.27. The lowest BCUT2D eigenvalue weighted by atomic mass is 10.2. The highest BCUT2D eigenvalue weighted by Crippen LogP contribution is 2.12. The first-order valence-electron chi connectivity index (χ1n) is 6.59. The molecular weight excluding hydrogens is 232 g/mol. The lowest BCUT2D eigenvalue weighted by Crippen LogP contribution is -2.51. The van der Waals surface area contributed by atoms with Crippen LogP contribution in [0.4, 0.5) is 4.79 Å². The molecule has 1 heterocycles. The van der Waals surface area contributed by atoms with Crippen molar-refractivity contribution in [1.29, 1.82) is 0 Å². The largest absolute Gasteiger partial charge is 0.444 e. The number of hydrogen-bond donors (Lipinski definition) is 0. The number of nitrogens with zero attached hydrogens (tertiary/aromatic N) is 2. The van der Waals surface area contributed by atoms with E-state index in [1.54, 1.807) is 4.90 Å². The number of rotatable bonds is 2. The van der Waals surface area contributed by atoms with Gasteiger partial charge in [0.25, 0.3) is 0 Å². The van der Waals surface area contributed by atoms with E-state index >= 15 is 0 Å². The van der Waals surface area contributed by atoms with E-state index in [0.717, 1.165) is 6.42 Å². The van der Waals surface area contributed by atoms with Crippen LogP contribution in [0.5, 0.6) is 0 Å². The van der Waals surface area contributed by atoms with Crippen LogP contribution in [0.15, 0.2) is 0 Å². The average molecular weight is 256 g/mol. The Bertz CT molecular complexity index is 302. The number of carbonyl (C=O) groups is 2. The van der Waals surface area contributed by atoms with Crippen LogP contribution >= 0.6 is 0 Å². The Hall–Kier alpha value is -1.26. The molecule has 0 unspecified atom stereocenters. The van der Waals surface area contributed by atoms with E-state index in [4.69, 9.17) is 4.74 Å². The Morgan fingerprint density at radius 3 is 2.00 bits per heavy atom. The molecule has 0 radical (unpaired) electrons. The fourth-order valence-corrected chi connectivity index (χ4v) is 1.84. The fraction of sp³-hybridized carbons (Fsp3) is 0.846. The summed E-state index contributed by atoms with van der Waals surface area (Å²) < 4.78 is 5.30. The molecule has 0 saturated carbocycles. The molecule has 1 aliphatic heterocycles. The van der Waals surface area contributed by atoms with E-state index < -0.39 is 5.60 Å². The highest BCUT2D eigenvalue weighted by Gasteiger charge is 2.27. The molecule has 5 heteroatoms. The second-order valence-electron chi connectivity index (χ2n) is 5.60. The van der Waals surface area contributed by atoms with E-state index in [9.17, 15) is 9.59 Å². The summed E-state index contributed by atoms with van der Waals surface area (Å²) in [6.45, 7) is 9.89. The van der Waals surface area contributed by atoms with Crippen molar-refractivity contribution in [2.75, 3.05) is 26.2 Å². The van der Waals surface area contributed by atoms with E-state index in [1.165, 1.54) is 0 Å². The van der Waals surface area contributed by atoms with E-state index in [0.29, 0.717) is 32.6 Å². The van der Waals surface area contributed by atoms with Gasteiger partial charge in [0.05, 0.1) is 0 Å². The number of amides is 2. The van der Waals surface area contributed by atoms with Gasteiger partial charge in [0.2, 0.25) is 5.91 Å². The van der Waals surface area contributed by atoms with Crippen molar-refractivity contribution in [2.24, 2.45) is 0 Å². The Kier molecular flexibility index (Phi) is 4.99. The van der Waals surface area contributed by atoms with Gasteiger partial charge < -0.3 is 14.5 Å². The molecule has 0 N–H and O–H groups in total. The van der Waals surface area contributed by atoms with Gasteiger partial charge in [-0.05, 0) is 27.2 Å². The first-order valence-corrected chi connectivity index (χ1v) is 6.59. The molecule has 1 saturated heterocycles. The summed E-state index contributed by atoms with van der Waals surface area (Å²) in [5.74, 6) is 0.182. The zero-order valence-electron chi connectivity index (χ0n) is 11.9. The second-order valence-corrected chi connectivity index (χ2v) is 5.60. The monoisotopic (exact) mass is 256 g/mol. The summed E-state index contributed by atoms with van der Waals surface area (Å²) >= 11 is 0. The molecule has 0 aromatic rings. The van der Waals surface area contributed by atoms with Crippen molar-refractivity contribution >= 4 is 12.0 Å². The maximum Gasteiger partial charge on any atom is 0.410 e. The van der Waals surface area contributed by atoms with E-state index in [-0.39, 0.29) is 12.0 Å². The molecule has 5 nitrogen and oxygen atoms in total. The predicted octanol–water partition coefficient (Wildman–Crippen LogP) is 1.87. The van der Waals surface area contributed by atoms with Gasteiger partial charge in [-0.25, -0.2) is 4.79 Å². The smallest absolute Gasteiger partial charge is 0.410 e. The number of carbonyl (C=O) groups excluding carboxylic acids is 2. The van der Waals surface area contributed by atoms with Crippen LogP contribution in [-0.4, -0.2) is 53.6 Å². The van der Waals surface area contributed by atoms with Crippen LogP contribution in [0, 0.1) is 0 Å². The van der Waals surface area contributed by atoms with Gasteiger partial charge in [-0.3, -0.25) is 4.79 Å². The molecule has 0 atom stereocenters. The summed E-state index contributed by atoms with van der Waals surface area (Å²) in [5, 5.41) is 0. The van der Waals surface area contributed by atoms with Crippen LogP contribution in [0.2, 0.25) is 0 Å². The Labute approximate surface area is 109 Å². The van der Waals surface area contributed by atoms with Crippen LogP contribution in [0.1, 0.15) is 40.5 Å². The van der Waals surface area contributed by atoms with Crippen molar-refractivity contribution in [1.82, 2.24) is 9.80 Å². The van der Waals surface area contributed by atoms with Crippen molar-refractivity contribution < 1.29 is 14.3 Å². The quantitative estimate of drug-likeness (QED) is 0.758. The minimum absolute atomic E-state index is 0.182. The van der Waals surface area contributed by atoms with Crippen LogP contribution in [-0.2, 0) is 9.53 Å². The predicted molar refractivity (Wildman–Crippen MR) is 69.3 cm³/mol. The number of ether oxygens (including phenoxy) is 1. The maximum absolute atomic E-state index is 11.8. The third kappa shape index (κ3) is 4.55. The van der Waals surface area contributed by atoms with E-state index in [1.807, 2.05) is 32.6 Å². The highest BCUT2D eigenvalue weighted by atomic mass is 16.6. The molecule has 0 aromatic carbocycles. The van der Waals surface area contributed by atoms with Crippen LogP contribution < -0.4 is 0 Å². The lowest BCUT2D eigenvalue weighted by Gasteiger charge is -2.35. The van der Waals surface area contributed by atoms with Crippen molar-refractivity contribution in [3.63, 3.8) is 0 Å². The minimum Gasteiger partial charge on any atom is -0.444 e. The fourth-order valence-electron chi connectivity index (χ4n) is 1.84. The van der Waals surface area contributed by atoms with Crippen molar-refractivity contribution in [2.45, 2.75) is 46.1 Å². The molecule has 0 spiro atoms. The Morgan fingerprint density at radius 2 is 1.56 bits per heavy atom. The molecule has 1 rings (SSSR count). The van der Waals surface area contributed by atoms with Gasteiger partial charge in [0.15, 0.2) is 0 Å². The molecule has 2 amide bonds. The van der Waals surface area contributed by atoms with Crippen LogP contribution in [0.3, 0.4) is 0 Å². The number of hydrogen-bond acceptors (Lipinski definition) is 3. The summed E-state index contributed by atoms with van der Waals surface area (Å²) in [7, 11) is 0. The summed E-state index contributed by atoms with van der Waals surface area (Å²) in [6.07, 6.45) is 1.17. The first-order chi connectivity index (χ1) is 8.33. The van der Waals surface area contributed by atoms with Gasteiger partial charge in [0.1, 0.15) is 5.60 Å². The molecule has 1 fully saturated rings. The van der Waals surface area contributed by atoms with Gasteiger partial charge in [0, 0.05) is 32.6 Å². The zero-order chi connectivity index (χ0) is 13.8. The first kappa shape index (κ1) is 14.8. The highest BCUT2D eigenvalue weighted by molar-refractivity contribution is 5.76. The summed E-state index contributed by atoms with van der Waals surface area (Å²) in [4.78, 5) is 27.0. The summed E-state index contributed by atoms with van der Waals surface area (Å²) in [5.41, 5.74) is -0.466. The summed E-state index contributed by atoms with van der Waals surface area (Å²) in [6, 6.07) is 0. The maximum atomic E-state index is 11.8. The lowest BCUT2D eigenvalue weighted by molar-refractivity contribution is -0.133. The third-order valence-electron chi connectivity index (χ3n) is 2.75. The van der Waals surface area contributed by atoms with Crippen molar-refractivity contribution in [3.05, 3.63) is 0 Å². The zero-order valence-corrected chi connectivity index (χ0v) is 11.9. The molecule has 0 aromatic heterocycles. The second kappa shape index (κ2) is 6.07. The molecule has 18 heavy (non-hydrogen) atoms. The molecule has 0 aliphatic carbocycles. The van der Waals surface area contributed by atoms with Gasteiger partial charge >= 0.3 is 6.09 Å². The normalized spacial score (nSPS) is 16.7. The SMILES string of the molecule is CCCC(=O)N1CCN(C(=O)OC(C)(C)C)CC1. The van der Waals surface area contributed by atoms with Gasteiger partial charge in [-0.15, -0.1) is 0 Å².